The van der Waals surface area contributed by atoms with E-state index in [1.165, 1.54) is 0 Å². The van der Waals surface area contributed by atoms with Crippen molar-refractivity contribution in [1.29, 1.82) is 0 Å². The Morgan fingerprint density at radius 1 is 1.52 bits per heavy atom. The lowest BCUT2D eigenvalue weighted by Gasteiger charge is -2.42. The molecule has 1 saturated heterocycles. The second kappa shape index (κ2) is 5.42. The number of carbonyl (C=O) groups is 1. The second-order valence-corrected chi connectivity index (χ2v) is 6.58. The fourth-order valence-electron chi connectivity index (χ4n) is 2.80. The van der Waals surface area contributed by atoms with Crippen LogP contribution in [0.4, 0.5) is 0 Å². The van der Waals surface area contributed by atoms with Gasteiger partial charge < -0.3 is 9.64 Å². The highest BCUT2D eigenvalue weighted by Crippen LogP contribution is 2.24. The lowest BCUT2D eigenvalue weighted by molar-refractivity contribution is -0.116. The summed E-state index contributed by atoms with van der Waals surface area (Å²) in [6.45, 7) is 5.20. The van der Waals surface area contributed by atoms with Gasteiger partial charge in [0.05, 0.1) is 29.0 Å². The van der Waals surface area contributed by atoms with E-state index in [0.717, 1.165) is 10.8 Å². The monoisotopic (exact) mass is 351 g/mol. The van der Waals surface area contributed by atoms with E-state index in [1.54, 1.807) is 10.7 Å². The average Bonchev–Trinajstić information content (AvgIpc) is 2.88. The van der Waals surface area contributed by atoms with Crippen LogP contribution in [0.1, 0.15) is 24.2 Å². The number of fused-ring (bicyclic) bond motifs is 1. The number of ether oxygens (including phenoxy) is 1. The van der Waals surface area contributed by atoms with Gasteiger partial charge in [0.1, 0.15) is 0 Å². The predicted octanol–water partition coefficient (Wildman–Crippen LogP) is 2.35. The molecule has 21 heavy (non-hydrogen) atoms. The van der Waals surface area contributed by atoms with Crippen LogP contribution in [0.5, 0.6) is 0 Å². The Morgan fingerprint density at radius 2 is 2.33 bits per heavy atom. The maximum absolute atomic E-state index is 12.8. The first-order valence-electron chi connectivity index (χ1n) is 6.95. The summed E-state index contributed by atoms with van der Waals surface area (Å²) in [5.74, 6) is 0.0125. The van der Waals surface area contributed by atoms with E-state index < -0.39 is 0 Å². The number of pyridine rings is 1. The van der Waals surface area contributed by atoms with Gasteiger partial charge in [-0.1, -0.05) is 22.0 Å². The molecule has 0 saturated carbocycles. The molecule has 1 atom stereocenters. The molecule has 3 heterocycles. The molecule has 1 fully saturated rings. The Morgan fingerprint density at radius 3 is 3.10 bits per heavy atom. The summed E-state index contributed by atoms with van der Waals surface area (Å²) in [6, 6.07) is 5.72. The molecule has 2 aromatic rings. The highest BCUT2D eigenvalue weighted by Gasteiger charge is 2.36. The van der Waals surface area contributed by atoms with Crippen LogP contribution >= 0.6 is 15.9 Å². The maximum Gasteiger partial charge on any atom is 0.257 e. The Kier molecular flexibility index (Phi) is 3.75. The van der Waals surface area contributed by atoms with Crippen molar-refractivity contribution in [2.24, 2.45) is 0 Å². The number of halogens is 1. The van der Waals surface area contributed by atoms with Crippen LogP contribution in [0.15, 0.2) is 30.6 Å². The van der Waals surface area contributed by atoms with E-state index in [4.69, 9.17) is 4.74 Å². The van der Waals surface area contributed by atoms with E-state index in [-0.39, 0.29) is 17.6 Å². The molecular weight excluding hydrogens is 334 g/mol. The van der Waals surface area contributed by atoms with Crippen LogP contribution in [0.25, 0.3) is 5.52 Å². The number of alkyl halides is 1. The van der Waals surface area contributed by atoms with Gasteiger partial charge in [0.2, 0.25) is 0 Å². The number of carbonyl (C=O) groups excluding carboxylic acids is 1. The molecule has 1 unspecified atom stereocenters. The molecule has 5 nitrogen and oxygen atoms in total. The zero-order chi connectivity index (χ0) is 15.0. The van der Waals surface area contributed by atoms with E-state index in [0.29, 0.717) is 18.7 Å². The fraction of sp³-hybridized carbons (Fsp3) is 0.467. The molecule has 0 aromatic carbocycles. The first-order valence-corrected chi connectivity index (χ1v) is 8.08. The summed E-state index contributed by atoms with van der Waals surface area (Å²) >= 11 is 3.45. The van der Waals surface area contributed by atoms with Gasteiger partial charge in [-0.2, -0.15) is 5.10 Å². The van der Waals surface area contributed by atoms with Crippen molar-refractivity contribution in [3.63, 3.8) is 0 Å². The smallest absolute Gasteiger partial charge is 0.257 e. The molecule has 112 valence electrons. The Balaban J connectivity index is 1.90. The van der Waals surface area contributed by atoms with Crippen molar-refractivity contribution in [3.8, 4) is 0 Å². The molecule has 0 aliphatic carbocycles. The van der Waals surface area contributed by atoms with E-state index >= 15 is 0 Å². The number of hydrogen-bond acceptors (Lipinski definition) is 3. The summed E-state index contributed by atoms with van der Waals surface area (Å²) in [6.07, 6.45) is 3.50. The SMILES string of the molecule is CC1(C)CN(C(=O)c2cnn3ccccc23)CC(CBr)O1. The van der Waals surface area contributed by atoms with Crippen LogP contribution < -0.4 is 0 Å². The number of morpholine rings is 1. The third-order valence-electron chi connectivity index (χ3n) is 3.60. The number of nitrogens with zero attached hydrogens (tertiary/aromatic N) is 3. The minimum Gasteiger partial charge on any atom is -0.368 e. The van der Waals surface area contributed by atoms with Crippen molar-refractivity contribution in [3.05, 3.63) is 36.2 Å². The van der Waals surface area contributed by atoms with Gasteiger partial charge in [0.25, 0.3) is 5.91 Å². The van der Waals surface area contributed by atoms with E-state index in [9.17, 15) is 4.79 Å². The molecule has 2 aromatic heterocycles. The molecule has 0 radical (unpaired) electrons. The van der Waals surface area contributed by atoms with Crippen LogP contribution in [0, 0.1) is 0 Å². The summed E-state index contributed by atoms with van der Waals surface area (Å²) < 4.78 is 7.67. The zero-order valence-electron chi connectivity index (χ0n) is 12.1. The van der Waals surface area contributed by atoms with Crippen molar-refractivity contribution in [1.82, 2.24) is 14.5 Å². The maximum atomic E-state index is 12.8. The number of amides is 1. The summed E-state index contributed by atoms with van der Waals surface area (Å²) in [7, 11) is 0. The van der Waals surface area contributed by atoms with Crippen LogP contribution in [0.3, 0.4) is 0 Å². The van der Waals surface area contributed by atoms with Gasteiger partial charge in [-0.15, -0.1) is 0 Å². The van der Waals surface area contributed by atoms with Crippen LogP contribution in [0.2, 0.25) is 0 Å². The Hall–Kier alpha value is -1.40. The molecule has 3 rings (SSSR count). The minimum atomic E-state index is -0.338. The molecule has 1 aliphatic heterocycles. The van der Waals surface area contributed by atoms with Gasteiger partial charge >= 0.3 is 0 Å². The zero-order valence-corrected chi connectivity index (χ0v) is 13.7. The number of aromatic nitrogens is 2. The number of hydrogen-bond donors (Lipinski definition) is 0. The lowest BCUT2D eigenvalue weighted by Crippen LogP contribution is -2.55. The highest BCUT2D eigenvalue weighted by molar-refractivity contribution is 9.09. The third kappa shape index (κ3) is 2.82. The molecule has 0 spiro atoms. The highest BCUT2D eigenvalue weighted by atomic mass is 79.9. The largest absolute Gasteiger partial charge is 0.368 e. The first kappa shape index (κ1) is 14.5. The molecule has 1 aliphatic rings. The first-order chi connectivity index (χ1) is 10.00. The normalized spacial score (nSPS) is 21.7. The van der Waals surface area contributed by atoms with Gasteiger partial charge in [-0.25, -0.2) is 4.52 Å². The molecule has 0 bridgehead atoms. The lowest BCUT2D eigenvalue weighted by atomic mass is 10.0. The molecule has 0 N–H and O–H groups in total. The topological polar surface area (TPSA) is 46.8 Å². The standard InChI is InChI=1S/C15H18BrN3O2/c1-15(2)10-18(9-11(7-16)21-15)14(20)12-8-17-19-6-4-3-5-13(12)19/h3-6,8,11H,7,9-10H2,1-2H3. The molecule has 6 heteroatoms. The second-order valence-electron chi connectivity index (χ2n) is 5.93. The quantitative estimate of drug-likeness (QED) is 0.780. The van der Waals surface area contributed by atoms with Gasteiger partial charge in [0, 0.05) is 24.6 Å². The van der Waals surface area contributed by atoms with Gasteiger partial charge in [-0.3, -0.25) is 4.79 Å². The summed E-state index contributed by atoms with van der Waals surface area (Å²) in [5.41, 5.74) is 1.14. The fourth-order valence-corrected chi connectivity index (χ4v) is 3.14. The summed E-state index contributed by atoms with van der Waals surface area (Å²) in [4.78, 5) is 14.7. The van der Waals surface area contributed by atoms with Gasteiger partial charge in [0.15, 0.2) is 0 Å². The van der Waals surface area contributed by atoms with Crippen molar-refractivity contribution < 1.29 is 9.53 Å². The number of rotatable bonds is 2. The van der Waals surface area contributed by atoms with Crippen LogP contribution in [-0.2, 0) is 4.74 Å². The average molecular weight is 352 g/mol. The van der Waals surface area contributed by atoms with Crippen LogP contribution in [-0.4, -0.2) is 50.5 Å². The molecular formula is C15H18BrN3O2. The minimum absolute atomic E-state index is 0.0125. The van der Waals surface area contributed by atoms with Crippen molar-refractivity contribution in [2.75, 3.05) is 18.4 Å². The Labute approximate surface area is 132 Å². The van der Waals surface area contributed by atoms with Gasteiger partial charge in [-0.05, 0) is 26.0 Å². The van der Waals surface area contributed by atoms with E-state index in [1.807, 2.05) is 43.1 Å². The predicted molar refractivity (Wildman–Crippen MR) is 83.8 cm³/mol. The third-order valence-corrected chi connectivity index (χ3v) is 4.32. The van der Waals surface area contributed by atoms with E-state index in [2.05, 4.69) is 21.0 Å². The van der Waals surface area contributed by atoms with Crippen molar-refractivity contribution in [2.45, 2.75) is 25.6 Å². The summed E-state index contributed by atoms with van der Waals surface area (Å²) in [5, 5.41) is 4.96. The van der Waals surface area contributed by atoms with Crippen molar-refractivity contribution >= 4 is 27.4 Å². The molecule has 1 amide bonds. The Bertz CT molecular complexity index is 668.